The van der Waals surface area contributed by atoms with E-state index in [4.69, 9.17) is 14.2 Å². The standard InChI is InChI=1S/C26H24BrNO5S/c1-4-33-26(30)20-15-28(14-17-7-5-6-8-21(17)32-3)25-22(23(20)29)19(13-27)24(34-25)16-9-11-18(31-2)12-10-16/h5-12,15H,4,13-14H2,1-3H3. The fourth-order valence-corrected chi connectivity index (χ4v) is 5.93. The first-order valence-electron chi connectivity index (χ1n) is 10.7. The molecule has 176 valence electrons. The molecule has 2 heterocycles. The van der Waals surface area contributed by atoms with Crippen LogP contribution < -0.4 is 14.9 Å². The second-order valence-corrected chi connectivity index (χ2v) is 9.04. The Morgan fingerprint density at radius 2 is 1.79 bits per heavy atom. The van der Waals surface area contributed by atoms with Crippen molar-refractivity contribution in [2.75, 3.05) is 20.8 Å². The van der Waals surface area contributed by atoms with E-state index in [1.807, 2.05) is 53.1 Å². The molecule has 0 aliphatic heterocycles. The van der Waals surface area contributed by atoms with Gasteiger partial charge in [-0.2, -0.15) is 0 Å². The summed E-state index contributed by atoms with van der Waals surface area (Å²) in [5.41, 5.74) is 2.44. The van der Waals surface area contributed by atoms with Crippen LogP contribution in [0.3, 0.4) is 0 Å². The van der Waals surface area contributed by atoms with Gasteiger partial charge in [-0.1, -0.05) is 34.1 Å². The van der Waals surface area contributed by atoms with Gasteiger partial charge in [0.2, 0.25) is 5.43 Å². The average Bonchev–Trinajstić information content (AvgIpc) is 3.26. The van der Waals surface area contributed by atoms with Crippen LogP contribution in [0.15, 0.2) is 59.5 Å². The van der Waals surface area contributed by atoms with Crippen molar-refractivity contribution in [1.82, 2.24) is 4.57 Å². The molecule has 0 aliphatic carbocycles. The molecule has 0 fully saturated rings. The van der Waals surface area contributed by atoms with Crippen molar-refractivity contribution in [2.24, 2.45) is 0 Å². The monoisotopic (exact) mass is 541 g/mol. The summed E-state index contributed by atoms with van der Waals surface area (Å²) in [6.45, 7) is 2.34. The minimum Gasteiger partial charge on any atom is -0.497 e. The number of hydrogen-bond acceptors (Lipinski definition) is 6. The van der Waals surface area contributed by atoms with Gasteiger partial charge in [-0.05, 0) is 48.4 Å². The lowest BCUT2D eigenvalue weighted by Crippen LogP contribution is -2.21. The number of fused-ring (bicyclic) bond motifs is 1. The van der Waals surface area contributed by atoms with Gasteiger partial charge in [0.05, 0.1) is 32.8 Å². The highest BCUT2D eigenvalue weighted by atomic mass is 79.9. The Balaban J connectivity index is 1.99. The molecule has 0 atom stereocenters. The van der Waals surface area contributed by atoms with E-state index in [2.05, 4.69) is 15.9 Å². The first-order valence-corrected chi connectivity index (χ1v) is 12.6. The van der Waals surface area contributed by atoms with Crippen LogP contribution in [0, 0.1) is 0 Å². The van der Waals surface area contributed by atoms with E-state index in [-0.39, 0.29) is 17.6 Å². The minimum atomic E-state index is -0.624. The summed E-state index contributed by atoms with van der Waals surface area (Å²) in [5, 5.41) is 0.984. The predicted molar refractivity (Wildman–Crippen MR) is 139 cm³/mol. The molecule has 4 aromatic rings. The Bertz CT molecular complexity index is 1390. The van der Waals surface area contributed by atoms with Crippen molar-refractivity contribution in [2.45, 2.75) is 18.8 Å². The van der Waals surface area contributed by atoms with Gasteiger partial charge in [0.1, 0.15) is 21.9 Å². The molecule has 0 spiro atoms. The zero-order chi connectivity index (χ0) is 24.2. The number of carbonyl (C=O) groups is 1. The number of thiophene rings is 1. The molecule has 6 nitrogen and oxygen atoms in total. The first kappa shape index (κ1) is 24.0. The van der Waals surface area contributed by atoms with Crippen molar-refractivity contribution < 1.29 is 19.0 Å². The molecular formula is C26H24BrNO5S. The van der Waals surface area contributed by atoms with E-state index < -0.39 is 5.97 Å². The maximum atomic E-state index is 13.5. The fourth-order valence-electron chi connectivity index (χ4n) is 3.89. The molecule has 4 rings (SSSR count). The molecule has 34 heavy (non-hydrogen) atoms. The highest BCUT2D eigenvalue weighted by molar-refractivity contribution is 9.08. The Morgan fingerprint density at radius 3 is 2.44 bits per heavy atom. The second-order valence-electron chi connectivity index (χ2n) is 7.48. The van der Waals surface area contributed by atoms with Crippen molar-refractivity contribution in [1.29, 1.82) is 0 Å². The third kappa shape index (κ3) is 4.48. The predicted octanol–water partition coefficient (Wildman–Crippen LogP) is 5.87. The molecule has 0 unspecified atom stereocenters. The van der Waals surface area contributed by atoms with Crippen molar-refractivity contribution in [3.05, 3.63) is 81.6 Å². The van der Waals surface area contributed by atoms with Crippen molar-refractivity contribution >= 4 is 43.5 Å². The van der Waals surface area contributed by atoms with Gasteiger partial charge < -0.3 is 18.8 Å². The third-order valence-corrected chi connectivity index (χ3v) is 7.40. The molecule has 0 radical (unpaired) electrons. The smallest absolute Gasteiger partial charge is 0.343 e. The molecule has 2 aromatic heterocycles. The number of methoxy groups -OCH3 is 2. The van der Waals surface area contributed by atoms with E-state index in [0.29, 0.717) is 17.3 Å². The third-order valence-electron chi connectivity index (χ3n) is 5.52. The lowest BCUT2D eigenvalue weighted by molar-refractivity contribution is 0.0524. The summed E-state index contributed by atoms with van der Waals surface area (Å²) in [4.78, 5) is 28.0. The molecule has 8 heteroatoms. The number of para-hydroxylation sites is 1. The summed E-state index contributed by atoms with van der Waals surface area (Å²) in [5.74, 6) is 0.867. The number of rotatable bonds is 8. The Labute approximate surface area is 209 Å². The van der Waals surface area contributed by atoms with Gasteiger partial charge in [-0.25, -0.2) is 4.79 Å². The summed E-state index contributed by atoms with van der Waals surface area (Å²) in [6, 6.07) is 15.4. The largest absolute Gasteiger partial charge is 0.497 e. The zero-order valence-corrected chi connectivity index (χ0v) is 21.5. The second kappa shape index (κ2) is 10.4. The Kier molecular flexibility index (Phi) is 7.38. The van der Waals surface area contributed by atoms with E-state index in [9.17, 15) is 9.59 Å². The number of ether oxygens (including phenoxy) is 3. The highest BCUT2D eigenvalue weighted by Crippen LogP contribution is 2.39. The van der Waals surface area contributed by atoms with Crippen LogP contribution in [-0.2, 0) is 16.6 Å². The lowest BCUT2D eigenvalue weighted by atomic mass is 10.1. The first-order chi connectivity index (χ1) is 16.5. The topological polar surface area (TPSA) is 66.8 Å². The van der Waals surface area contributed by atoms with Crippen molar-refractivity contribution in [3.8, 4) is 21.9 Å². The normalized spacial score (nSPS) is 10.9. The Hall–Kier alpha value is -3.10. The summed E-state index contributed by atoms with van der Waals surface area (Å²) >= 11 is 5.09. The van der Waals surface area contributed by atoms with Crippen LogP contribution in [-0.4, -0.2) is 31.4 Å². The number of alkyl halides is 1. The number of nitrogens with zero attached hydrogens (tertiary/aromatic N) is 1. The number of pyridine rings is 1. The van der Waals surface area contributed by atoms with E-state index in [0.717, 1.165) is 37.9 Å². The fraction of sp³-hybridized carbons (Fsp3) is 0.231. The number of carbonyl (C=O) groups excluding carboxylic acids is 1. The number of benzene rings is 2. The maximum Gasteiger partial charge on any atom is 0.343 e. The number of aromatic nitrogens is 1. The van der Waals surface area contributed by atoms with Crippen LogP contribution in [0.5, 0.6) is 11.5 Å². The quantitative estimate of drug-likeness (QED) is 0.206. The lowest BCUT2D eigenvalue weighted by Gasteiger charge is -2.13. The van der Waals surface area contributed by atoms with Crippen LogP contribution in [0.1, 0.15) is 28.4 Å². The molecule has 0 amide bonds. The SMILES string of the molecule is CCOC(=O)c1cn(Cc2ccccc2OC)c2sc(-c3ccc(OC)cc3)c(CBr)c2c1=O. The average molecular weight is 542 g/mol. The molecule has 2 aromatic carbocycles. The van der Waals surface area contributed by atoms with Crippen molar-refractivity contribution in [3.63, 3.8) is 0 Å². The van der Waals surface area contributed by atoms with E-state index in [1.54, 1.807) is 27.3 Å². The highest BCUT2D eigenvalue weighted by Gasteiger charge is 2.24. The maximum absolute atomic E-state index is 13.5. The molecule has 0 saturated heterocycles. The minimum absolute atomic E-state index is 0.0190. The van der Waals surface area contributed by atoms with E-state index >= 15 is 0 Å². The summed E-state index contributed by atoms with van der Waals surface area (Å²) in [6.07, 6.45) is 1.60. The summed E-state index contributed by atoms with van der Waals surface area (Å²) in [7, 11) is 3.25. The number of hydrogen-bond donors (Lipinski definition) is 0. The van der Waals surface area contributed by atoms with Gasteiger partial charge >= 0.3 is 5.97 Å². The van der Waals surface area contributed by atoms with Crippen LogP contribution >= 0.6 is 27.3 Å². The Morgan fingerprint density at radius 1 is 1.06 bits per heavy atom. The molecular weight excluding hydrogens is 518 g/mol. The van der Waals surface area contributed by atoms with Crippen LogP contribution in [0.25, 0.3) is 20.7 Å². The molecule has 0 aliphatic rings. The van der Waals surface area contributed by atoms with Gasteiger partial charge in [0.25, 0.3) is 0 Å². The number of halogens is 1. The van der Waals surface area contributed by atoms with Gasteiger partial charge in [0.15, 0.2) is 0 Å². The number of esters is 1. The molecule has 0 bridgehead atoms. The van der Waals surface area contributed by atoms with E-state index in [1.165, 1.54) is 11.3 Å². The van der Waals surface area contributed by atoms with Gasteiger partial charge in [-0.15, -0.1) is 11.3 Å². The molecule has 0 saturated carbocycles. The van der Waals surface area contributed by atoms with Crippen LogP contribution in [0.2, 0.25) is 0 Å². The summed E-state index contributed by atoms with van der Waals surface area (Å²) < 4.78 is 18.0. The van der Waals surface area contributed by atoms with Gasteiger partial charge in [-0.3, -0.25) is 4.79 Å². The zero-order valence-electron chi connectivity index (χ0n) is 19.1. The van der Waals surface area contributed by atoms with Gasteiger partial charge in [0, 0.05) is 22.0 Å². The van der Waals surface area contributed by atoms with Crippen LogP contribution in [0.4, 0.5) is 0 Å². The molecule has 0 N–H and O–H groups in total.